The van der Waals surface area contributed by atoms with Gasteiger partial charge in [0.05, 0.1) is 13.2 Å². The van der Waals surface area contributed by atoms with Gasteiger partial charge in [0.25, 0.3) is 0 Å². The van der Waals surface area contributed by atoms with E-state index < -0.39 is 17.9 Å². The van der Waals surface area contributed by atoms with Crippen molar-refractivity contribution in [3.8, 4) is 5.75 Å². The molecule has 0 fully saturated rings. The predicted molar refractivity (Wildman–Crippen MR) is 96.5 cm³/mol. The van der Waals surface area contributed by atoms with Gasteiger partial charge >= 0.3 is 6.03 Å². The number of halogens is 1. The number of methoxy groups -OCH3 is 1. The van der Waals surface area contributed by atoms with Gasteiger partial charge in [-0.3, -0.25) is 9.69 Å². The molecule has 1 aliphatic rings. The number of ketones is 1. The summed E-state index contributed by atoms with van der Waals surface area (Å²) in [7, 11) is 1.56. The summed E-state index contributed by atoms with van der Waals surface area (Å²) in [5.74, 6) is 0.141. The number of hydrogen-bond acceptors (Lipinski definition) is 3. The Morgan fingerprint density at radius 1 is 1.27 bits per heavy atom. The Bertz CT molecular complexity index is 879. The minimum absolute atomic E-state index is 0.102. The first-order valence-electron chi connectivity index (χ1n) is 8.18. The Balaban J connectivity index is 1.86. The van der Waals surface area contributed by atoms with E-state index in [2.05, 4.69) is 5.32 Å². The maximum absolute atomic E-state index is 13.6. The normalized spacial score (nSPS) is 16.5. The molecule has 0 radical (unpaired) electrons. The summed E-state index contributed by atoms with van der Waals surface area (Å²) < 4.78 is 18.8. The number of rotatable bonds is 3. The van der Waals surface area contributed by atoms with Gasteiger partial charge in [0.15, 0.2) is 5.78 Å². The van der Waals surface area contributed by atoms with E-state index in [1.165, 1.54) is 29.3 Å². The number of amides is 2. The zero-order valence-corrected chi connectivity index (χ0v) is 14.5. The van der Waals surface area contributed by atoms with E-state index in [1.807, 2.05) is 13.0 Å². The molecule has 5 nitrogen and oxygen atoms in total. The number of urea groups is 1. The van der Waals surface area contributed by atoms with E-state index in [0.717, 1.165) is 5.56 Å². The SMILES string of the molecule is COc1cc(NC(=O)N2C=CC(=O)C[C@H]2c2cccc(F)c2)ccc1C. The highest BCUT2D eigenvalue weighted by molar-refractivity contribution is 5.96. The van der Waals surface area contributed by atoms with Crippen LogP contribution in [-0.2, 0) is 4.79 Å². The van der Waals surface area contributed by atoms with Gasteiger partial charge in [0, 0.05) is 24.4 Å². The second-order valence-electron chi connectivity index (χ2n) is 6.08. The fourth-order valence-corrected chi connectivity index (χ4v) is 2.91. The summed E-state index contributed by atoms with van der Waals surface area (Å²) in [6, 6.07) is 10.3. The van der Waals surface area contributed by atoms with Crippen molar-refractivity contribution in [2.24, 2.45) is 0 Å². The van der Waals surface area contributed by atoms with Crippen molar-refractivity contribution < 1.29 is 18.7 Å². The zero-order chi connectivity index (χ0) is 18.7. The van der Waals surface area contributed by atoms with Crippen LogP contribution in [0.15, 0.2) is 54.7 Å². The average molecular weight is 354 g/mol. The molecule has 0 unspecified atom stereocenters. The van der Waals surface area contributed by atoms with Crippen molar-refractivity contribution in [2.45, 2.75) is 19.4 Å². The maximum atomic E-state index is 13.6. The van der Waals surface area contributed by atoms with Crippen LogP contribution in [0.25, 0.3) is 0 Å². The molecule has 0 saturated heterocycles. The second-order valence-corrected chi connectivity index (χ2v) is 6.08. The van der Waals surface area contributed by atoms with Crippen molar-refractivity contribution in [3.63, 3.8) is 0 Å². The summed E-state index contributed by atoms with van der Waals surface area (Å²) in [6.45, 7) is 1.91. The van der Waals surface area contributed by atoms with Crippen LogP contribution in [0.2, 0.25) is 0 Å². The zero-order valence-electron chi connectivity index (χ0n) is 14.5. The molecule has 26 heavy (non-hydrogen) atoms. The van der Waals surface area contributed by atoms with Crippen molar-refractivity contribution >= 4 is 17.5 Å². The van der Waals surface area contributed by atoms with E-state index in [-0.39, 0.29) is 12.2 Å². The molecule has 3 rings (SSSR count). The van der Waals surface area contributed by atoms with Gasteiger partial charge in [-0.1, -0.05) is 18.2 Å². The van der Waals surface area contributed by atoms with E-state index in [1.54, 1.807) is 31.4 Å². The van der Waals surface area contributed by atoms with Crippen molar-refractivity contribution in [1.29, 1.82) is 0 Å². The lowest BCUT2D eigenvalue weighted by atomic mass is 9.97. The van der Waals surface area contributed by atoms with Gasteiger partial charge in [-0.25, -0.2) is 9.18 Å². The van der Waals surface area contributed by atoms with Gasteiger partial charge in [-0.15, -0.1) is 0 Å². The molecule has 2 amide bonds. The van der Waals surface area contributed by atoms with Gasteiger partial charge in [0.2, 0.25) is 0 Å². The van der Waals surface area contributed by atoms with Gasteiger partial charge < -0.3 is 10.1 Å². The first-order chi connectivity index (χ1) is 12.5. The largest absolute Gasteiger partial charge is 0.496 e. The standard InChI is InChI=1S/C20H19FN2O3/c1-13-6-7-16(11-19(13)26-2)22-20(25)23-9-8-17(24)12-18(23)14-4-3-5-15(21)10-14/h3-11,18H,12H2,1-2H3,(H,22,25)/t18-/m0/s1. The molecule has 0 aromatic heterocycles. The summed E-state index contributed by atoms with van der Waals surface area (Å²) in [4.78, 5) is 26.0. The monoisotopic (exact) mass is 354 g/mol. The summed E-state index contributed by atoms with van der Waals surface area (Å²) in [5, 5.41) is 2.79. The Morgan fingerprint density at radius 2 is 2.08 bits per heavy atom. The van der Waals surface area contributed by atoms with Gasteiger partial charge in [0.1, 0.15) is 11.6 Å². The Labute approximate surface area is 151 Å². The Hall–Kier alpha value is -3.15. The number of nitrogens with one attached hydrogen (secondary N) is 1. The van der Waals surface area contributed by atoms with Gasteiger partial charge in [-0.2, -0.15) is 0 Å². The molecule has 0 saturated carbocycles. The molecule has 134 valence electrons. The molecule has 6 heteroatoms. The second kappa shape index (κ2) is 7.39. The smallest absolute Gasteiger partial charge is 0.326 e. The quantitative estimate of drug-likeness (QED) is 0.898. The van der Waals surface area contributed by atoms with Crippen molar-refractivity contribution in [3.05, 3.63) is 71.7 Å². The first kappa shape index (κ1) is 17.7. The molecule has 0 spiro atoms. The molecule has 1 atom stereocenters. The lowest BCUT2D eigenvalue weighted by molar-refractivity contribution is -0.116. The third kappa shape index (κ3) is 3.74. The van der Waals surface area contributed by atoms with Crippen LogP contribution < -0.4 is 10.1 Å². The number of hydrogen-bond donors (Lipinski definition) is 1. The highest BCUT2D eigenvalue weighted by Gasteiger charge is 2.29. The fourth-order valence-electron chi connectivity index (χ4n) is 2.91. The molecule has 0 bridgehead atoms. The summed E-state index contributed by atoms with van der Waals surface area (Å²) in [5.41, 5.74) is 2.09. The molecule has 2 aromatic rings. The predicted octanol–water partition coefficient (Wildman–Crippen LogP) is 4.20. The van der Waals surface area contributed by atoms with Gasteiger partial charge in [-0.05, 0) is 42.3 Å². The van der Waals surface area contributed by atoms with Crippen LogP contribution >= 0.6 is 0 Å². The third-order valence-electron chi connectivity index (χ3n) is 4.28. The number of aryl methyl sites for hydroxylation is 1. The highest BCUT2D eigenvalue weighted by Crippen LogP contribution is 2.30. The minimum Gasteiger partial charge on any atom is -0.496 e. The average Bonchev–Trinajstić information content (AvgIpc) is 2.63. The number of anilines is 1. The number of ether oxygens (including phenoxy) is 1. The van der Waals surface area contributed by atoms with E-state index in [4.69, 9.17) is 4.74 Å². The van der Waals surface area contributed by atoms with E-state index >= 15 is 0 Å². The number of nitrogens with zero attached hydrogens (tertiary/aromatic N) is 1. The number of allylic oxidation sites excluding steroid dienone is 1. The number of carbonyl (C=O) groups is 2. The van der Waals surface area contributed by atoms with Crippen LogP contribution in [0.1, 0.15) is 23.6 Å². The minimum atomic E-state index is -0.560. The maximum Gasteiger partial charge on any atom is 0.326 e. The summed E-state index contributed by atoms with van der Waals surface area (Å²) in [6.07, 6.45) is 2.89. The fraction of sp³-hybridized carbons (Fsp3) is 0.200. The molecule has 2 aromatic carbocycles. The topological polar surface area (TPSA) is 58.6 Å². The number of carbonyl (C=O) groups excluding carboxylic acids is 2. The molecule has 1 heterocycles. The number of benzene rings is 2. The first-order valence-corrected chi connectivity index (χ1v) is 8.18. The molecular weight excluding hydrogens is 335 g/mol. The van der Waals surface area contributed by atoms with E-state index in [0.29, 0.717) is 17.0 Å². The van der Waals surface area contributed by atoms with Crippen LogP contribution in [0.4, 0.5) is 14.9 Å². The van der Waals surface area contributed by atoms with Crippen LogP contribution in [0.5, 0.6) is 5.75 Å². The summed E-state index contributed by atoms with van der Waals surface area (Å²) >= 11 is 0. The van der Waals surface area contributed by atoms with E-state index in [9.17, 15) is 14.0 Å². The van der Waals surface area contributed by atoms with Crippen LogP contribution in [0, 0.1) is 12.7 Å². The van der Waals surface area contributed by atoms with Crippen molar-refractivity contribution in [2.75, 3.05) is 12.4 Å². The lowest BCUT2D eigenvalue weighted by Gasteiger charge is -2.31. The molecular formula is C20H19FN2O3. The molecule has 1 N–H and O–H groups in total. The van der Waals surface area contributed by atoms with Crippen molar-refractivity contribution in [1.82, 2.24) is 4.90 Å². The third-order valence-corrected chi connectivity index (χ3v) is 4.28. The Kier molecular flexibility index (Phi) is 5.02. The molecule has 0 aliphatic carbocycles. The van der Waals surface area contributed by atoms with Crippen LogP contribution in [-0.4, -0.2) is 23.8 Å². The van der Waals surface area contributed by atoms with Crippen LogP contribution in [0.3, 0.4) is 0 Å². The lowest BCUT2D eigenvalue weighted by Crippen LogP contribution is -2.37. The highest BCUT2D eigenvalue weighted by atomic mass is 19.1. The Morgan fingerprint density at radius 3 is 2.81 bits per heavy atom. The molecule has 1 aliphatic heterocycles.